The van der Waals surface area contributed by atoms with Crippen LogP contribution in [0.4, 0.5) is 15.8 Å². The Kier molecular flexibility index (Phi) is 8.14. The average Bonchev–Trinajstić information content (AvgIpc) is 2.86. The van der Waals surface area contributed by atoms with Gasteiger partial charge in [0.1, 0.15) is 11.4 Å². The second-order valence-electron chi connectivity index (χ2n) is 8.37. The molecule has 0 aliphatic rings. The maximum atomic E-state index is 14.2. The van der Waals surface area contributed by atoms with Crippen molar-refractivity contribution >= 4 is 40.3 Å². The number of hydrogen-bond donors (Lipinski definition) is 2. The molecule has 0 aliphatic carbocycles. The van der Waals surface area contributed by atoms with Crippen molar-refractivity contribution in [2.45, 2.75) is 26.1 Å². The van der Waals surface area contributed by atoms with Gasteiger partial charge in [0.05, 0.1) is 12.3 Å². The van der Waals surface area contributed by atoms with Crippen molar-refractivity contribution in [1.29, 1.82) is 5.41 Å². The van der Waals surface area contributed by atoms with Crippen LogP contribution in [0.15, 0.2) is 84.0 Å². The third-order valence-electron chi connectivity index (χ3n) is 5.40. The van der Waals surface area contributed by atoms with Crippen LogP contribution < -0.4 is 10.2 Å². The minimum absolute atomic E-state index is 0.0505. The topological polar surface area (TPSA) is 85.6 Å². The van der Waals surface area contributed by atoms with Gasteiger partial charge in [0.25, 0.3) is 5.91 Å². The molecule has 0 aromatic heterocycles. The molecule has 6 nitrogen and oxygen atoms in total. The number of halogens is 2. The molecule has 0 heterocycles. The van der Waals surface area contributed by atoms with Crippen LogP contribution in [0, 0.1) is 10.3 Å². The first-order chi connectivity index (χ1) is 16.6. The first kappa shape index (κ1) is 25.8. The fourth-order valence-corrected chi connectivity index (χ4v) is 3.51. The summed E-state index contributed by atoms with van der Waals surface area (Å²) in [4.78, 5) is 26.8. The minimum atomic E-state index is -1.85. The van der Waals surface area contributed by atoms with Crippen molar-refractivity contribution in [3.8, 4) is 0 Å². The number of allylic oxidation sites excluding steroid dienone is 1. The molecule has 3 aromatic rings. The second-order valence-corrected chi connectivity index (χ2v) is 8.81. The van der Waals surface area contributed by atoms with Crippen molar-refractivity contribution in [3.05, 3.63) is 105 Å². The number of nitroso groups, excluding NO2 is 1. The predicted molar refractivity (Wildman–Crippen MR) is 140 cm³/mol. The Morgan fingerprint density at radius 1 is 1.11 bits per heavy atom. The number of benzene rings is 3. The molecule has 0 radical (unpaired) electrons. The molecule has 8 heteroatoms. The number of anilines is 1. The summed E-state index contributed by atoms with van der Waals surface area (Å²) in [6, 6.07) is 20.8. The van der Waals surface area contributed by atoms with Crippen LogP contribution in [0.25, 0.3) is 5.70 Å². The second kappa shape index (κ2) is 11.1. The van der Waals surface area contributed by atoms with E-state index >= 15 is 0 Å². The zero-order valence-electron chi connectivity index (χ0n) is 19.7. The SMILES string of the molecule is CN/C(=C\C(=N)C(C)(C)F)c1ccc(N(Cc2ccc(Cl)cc2)C(=O)c2ccccc2)cc1N=O. The van der Waals surface area contributed by atoms with E-state index in [0.29, 0.717) is 27.5 Å². The van der Waals surface area contributed by atoms with Gasteiger partial charge in [-0.25, -0.2) is 4.39 Å². The van der Waals surface area contributed by atoms with Crippen LogP contribution in [-0.4, -0.2) is 24.3 Å². The maximum absolute atomic E-state index is 14.2. The first-order valence-electron chi connectivity index (χ1n) is 10.9. The fraction of sp³-hybridized carbons (Fsp3) is 0.185. The molecule has 0 saturated carbocycles. The molecule has 1 amide bonds. The number of alkyl halides is 1. The molecule has 0 fully saturated rings. The van der Waals surface area contributed by atoms with Gasteiger partial charge in [0.15, 0.2) is 0 Å². The molecule has 3 aromatic carbocycles. The molecule has 3 rings (SSSR count). The lowest BCUT2D eigenvalue weighted by Crippen LogP contribution is -2.30. The Labute approximate surface area is 208 Å². The van der Waals surface area contributed by atoms with Gasteiger partial charge in [0.2, 0.25) is 0 Å². The normalized spacial score (nSPS) is 11.6. The summed E-state index contributed by atoms with van der Waals surface area (Å²) in [5.41, 5.74) is 0.482. The standard InChI is InChI=1S/C27H26ClFN4O2/c1-27(2,29)25(30)16-23(31-3)22-14-13-21(15-24(22)32-35)33(17-18-9-11-20(28)12-10-18)26(34)19-7-5-4-6-8-19/h4-16,30-31H,17H2,1-3H3/b23-16-,30-25?. The Hall–Kier alpha value is -3.84. The van der Waals surface area contributed by atoms with Crippen molar-refractivity contribution < 1.29 is 9.18 Å². The lowest BCUT2D eigenvalue weighted by atomic mass is 10.0. The van der Waals surface area contributed by atoms with E-state index < -0.39 is 5.67 Å². The van der Waals surface area contributed by atoms with Crippen molar-refractivity contribution in [2.24, 2.45) is 5.18 Å². The highest BCUT2D eigenvalue weighted by molar-refractivity contribution is 6.30. The van der Waals surface area contributed by atoms with Gasteiger partial charge < -0.3 is 15.6 Å². The minimum Gasteiger partial charge on any atom is -0.388 e. The van der Waals surface area contributed by atoms with E-state index in [1.807, 2.05) is 18.2 Å². The quantitative estimate of drug-likeness (QED) is 0.251. The largest absolute Gasteiger partial charge is 0.388 e. The highest BCUT2D eigenvalue weighted by atomic mass is 35.5. The van der Waals surface area contributed by atoms with Crippen molar-refractivity contribution in [1.82, 2.24) is 5.32 Å². The summed E-state index contributed by atoms with van der Waals surface area (Å²) < 4.78 is 14.2. The van der Waals surface area contributed by atoms with Gasteiger partial charge in [-0.05, 0) is 73.1 Å². The Morgan fingerprint density at radius 3 is 2.34 bits per heavy atom. The highest BCUT2D eigenvalue weighted by Gasteiger charge is 2.23. The zero-order chi connectivity index (χ0) is 25.6. The number of carbonyl (C=O) groups excluding carboxylic acids is 1. The van der Waals surface area contributed by atoms with Gasteiger partial charge in [-0.1, -0.05) is 41.9 Å². The first-order valence-corrected chi connectivity index (χ1v) is 11.3. The Balaban J connectivity index is 2.07. The van der Waals surface area contributed by atoms with Crippen molar-refractivity contribution in [3.63, 3.8) is 0 Å². The van der Waals surface area contributed by atoms with E-state index in [-0.39, 0.29) is 23.9 Å². The molecule has 35 heavy (non-hydrogen) atoms. The average molecular weight is 493 g/mol. The van der Waals surface area contributed by atoms with Crippen LogP contribution in [0.3, 0.4) is 0 Å². The summed E-state index contributed by atoms with van der Waals surface area (Å²) in [5, 5.41) is 14.6. The van der Waals surface area contributed by atoms with Gasteiger partial charge in [0, 0.05) is 34.6 Å². The smallest absolute Gasteiger partial charge is 0.258 e. The zero-order valence-corrected chi connectivity index (χ0v) is 20.4. The van der Waals surface area contributed by atoms with E-state index in [4.69, 9.17) is 17.0 Å². The summed E-state index contributed by atoms with van der Waals surface area (Å²) in [5.74, 6) is -0.254. The van der Waals surface area contributed by atoms with Gasteiger partial charge in [-0.3, -0.25) is 4.79 Å². The molecular formula is C27H26ClFN4O2. The molecule has 0 aliphatic heterocycles. The van der Waals surface area contributed by atoms with Gasteiger partial charge in [-0.15, -0.1) is 4.91 Å². The molecule has 0 unspecified atom stereocenters. The predicted octanol–water partition coefficient (Wildman–Crippen LogP) is 6.91. The number of nitrogens with zero attached hydrogens (tertiary/aromatic N) is 2. The highest BCUT2D eigenvalue weighted by Crippen LogP contribution is 2.32. The molecule has 0 bridgehead atoms. The fourth-order valence-electron chi connectivity index (χ4n) is 3.38. The molecule has 0 spiro atoms. The van der Waals surface area contributed by atoms with Crippen LogP contribution in [-0.2, 0) is 6.54 Å². The number of carbonyl (C=O) groups is 1. The van der Waals surface area contributed by atoms with E-state index in [0.717, 1.165) is 5.56 Å². The van der Waals surface area contributed by atoms with E-state index in [2.05, 4.69) is 10.5 Å². The number of rotatable bonds is 9. The van der Waals surface area contributed by atoms with Crippen LogP contribution >= 0.6 is 11.6 Å². The lowest BCUT2D eigenvalue weighted by molar-refractivity contribution is 0.0985. The van der Waals surface area contributed by atoms with Crippen LogP contribution in [0.5, 0.6) is 0 Å². The van der Waals surface area contributed by atoms with Crippen LogP contribution in [0.1, 0.15) is 35.3 Å². The number of hydrogen-bond acceptors (Lipinski definition) is 5. The summed E-state index contributed by atoms with van der Waals surface area (Å²) in [7, 11) is 1.61. The third kappa shape index (κ3) is 6.39. The van der Waals surface area contributed by atoms with Gasteiger partial charge in [-0.2, -0.15) is 0 Å². The maximum Gasteiger partial charge on any atom is 0.258 e. The van der Waals surface area contributed by atoms with E-state index in [1.165, 1.54) is 26.0 Å². The molecule has 180 valence electrons. The summed E-state index contributed by atoms with van der Waals surface area (Å²) in [6.07, 6.45) is 1.32. The van der Waals surface area contributed by atoms with E-state index in [1.54, 1.807) is 60.5 Å². The molecule has 0 atom stereocenters. The summed E-state index contributed by atoms with van der Waals surface area (Å²) in [6.45, 7) is 2.80. The summed E-state index contributed by atoms with van der Waals surface area (Å²) >= 11 is 6.01. The number of amides is 1. The molecular weight excluding hydrogens is 467 g/mol. The Morgan fingerprint density at radius 2 is 1.77 bits per heavy atom. The van der Waals surface area contributed by atoms with E-state index in [9.17, 15) is 14.1 Å². The third-order valence-corrected chi connectivity index (χ3v) is 5.65. The Bertz CT molecular complexity index is 1250. The molecule has 0 saturated heterocycles. The van der Waals surface area contributed by atoms with Crippen molar-refractivity contribution in [2.75, 3.05) is 11.9 Å². The van der Waals surface area contributed by atoms with Crippen LogP contribution in [0.2, 0.25) is 5.02 Å². The number of nitrogens with one attached hydrogen (secondary N) is 2. The van der Waals surface area contributed by atoms with Gasteiger partial charge >= 0.3 is 0 Å². The lowest BCUT2D eigenvalue weighted by Gasteiger charge is -2.24. The monoisotopic (exact) mass is 492 g/mol. The molecule has 2 N–H and O–H groups in total.